The van der Waals surface area contributed by atoms with Crippen LogP contribution >= 0.6 is 0 Å². The van der Waals surface area contributed by atoms with Gasteiger partial charge < -0.3 is 23.5 Å². The molecule has 0 aromatic heterocycles. The zero-order valence-corrected chi connectivity index (χ0v) is 19.0. The maximum absolute atomic E-state index is 15.9. The molecule has 0 bridgehead atoms. The smallest absolute Gasteiger partial charge is 0.497 e. The van der Waals surface area contributed by atoms with Gasteiger partial charge in [0.15, 0.2) is 0 Å². The van der Waals surface area contributed by atoms with E-state index in [9.17, 15) is 0 Å². The summed E-state index contributed by atoms with van der Waals surface area (Å²) in [6, 6.07) is 14.7. The molecular weight excluding hydrogens is 398 g/mol. The quantitative estimate of drug-likeness (QED) is 0.521. The lowest BCUT2D eigenvalue weighted by Gasteiger charge is -2.32. The Morgan fingerprint density at radius 2 is 1.55 bits per heavy atom. The van der Waals surface area contributed by atoms with Gasteiger partial charge in [-0.1, -0.05) is 18.2 Å². The fourth-order valence-corrected chi connectivity index (χ4v) is 3.31. The summed E-state index contributed by atoms with van der Waals surface area (Å²) in [5.41, 5.74) is -0.837. The highest BCUT2D eigenvalue weighted by Crippen LogP contribution is 2.42. The van der Waals surface area contributed by atoms with Crippen LogP contribution in [0.25, 0.3) is 5.57 Å². The second-order valence-electron chi connectivity index (χ2n) is 8.39. The van der Waals surface area contributed by atoms with Gasteiger partial charge in [-0.25, -0.2) is 4.39 Å². The third kappa shape index (κ3) is 5.05. The minimum atomic E-state index is -1.12. The number of rotatable bonds is 8. The molecule has 0 aliphatic carbocycles. The van der Waals surface area contributed by atoms with Crippen molar-refractivity contribution >= 4 is 12.7 Å². The largest absolute Gasteiger partial charge is 0.525 e. The van der Waals surface area contributed by atoms with Crippen molar-refractivity contribution in [1.82, 2.24) is 0 Å². The molecule has 1 saturated heterocycles. The molecule has 7 heteroatoms. The molecule has 1 aliphatic rings. The van der Waals surface area contributed by atoms with E-state index in [1.165, 1.54) is 0 Å². The van der Waals surface area contributed by atoms with E-state index in [0.717, 1.165) is 5.75 Å². The maximum atomic E-state index is 15.9. The Morgan fingerprint density at radius 3 is 2.13 bits per heavy atom. The van der Waals surface area contributed by atoms with Crippen LogP contribution in [-0.2, 0) is 9.31 Å². The van der Waals surface area contributed by atoms with Crippen LogP contribution in [0.2, 0.25) is 0 Å². The fourth-order valence-electron chi connectivity index (χ4n) is 3.31. The van der Waals surface area contributed by atoms with Gasteiger partial charge in [-0.2, -0.15) is 0 Å². The zero-order chi connectivity index (χ0) is 22.6. The molecule has 31 heavy (non-hydrogen) atoms. The predicted molar refractivity (Wildman–Crippen MR) is 120 cm³/mol. The highest BCUT2D eigenvalue weighted by atomic mass is 19.1. The van der Waals surface area contributed by atoms with Crippen LogP contribution in [0.4, 0.5) is 4.39 Å². The number of ether oxygens (including phenoxy) is 3. The van der Waals surface area contributed by atoms with Crippen molar-refractivity contribution in [3.8, 4) is 17.2 Å². The highest BCUT2D eigenvalue weighted by Gasteiger charge is 2.53. The highest BCUT2D eigenvalue weighted by molar-refractivity contribution is 6.55. The van der Waals surface area contributed by atoms with E-state index in [0.29, 0.717) is 22.6 Å². The summed E-state index contributed by atoms with van der Waals surface area (Å²) in [5.74, 6) is 1.84. The lowest BCUT2D eigenvalue weighted by atomic mass is 9.81. The van der Waals surface area contributed by atoms with Crippen LogP contribution in [0.15, 0.2) is 54.3 Å². The molecule has 0 atom stereocenters. The first kappa shape index (κ1) is 23.2. The number of methoxy groups -OCH3 is 2. The first-order chi connectivity index (χ1) is 14.7. The van der Waals surface area contributed by atoms with Gasteiger partial charge in [0.05, 0.1) is 32.0 Å². The molecule has 0 N–H and O–H groups in total. The first-order valence-corrected chi connectivity index (χ1v) is 10.3. The second-order valence-corrected chi connectivity index (χ2v) is 8.39. The van der Waals surface area contributed by atoms with Crippen molar-refractivity contribution in [3.63, 3.8) is 0 Å². The Bertz CT molecular complexity index is 911. The topological polar surface area (TPSA) is 46.2 Å². The summed E-state index contributed by atoms with van der Waals surface area (Å²) < 4.78 is 44.5. The molecule has 1 aliphatic heterocycles. The third-order valence-electron chi connectivity index (χ3n) is 5.84. The van der Waals surface area contributed by atoms with Gasteiger partial charge in [-0.15, -0.1) is 0 Å². The molecule has 0 amide bonds. The van der Waals surface area contributed by atoms with E-state index in [1.807, 2.05) is 58.0 Å². The van der Waals surface area contributed by atoms with Crippen LogP contribution in [-0.4, -0.2) is 39.1 Å². The molecular formula is C24H30BFO5. The van der Waals surface area contributed by atoms with E-state index < -0.39 is 24.0 Å². The number of benzene rings is 2. The van der Waals surface area contributed by atoms with Crippen molar-refractivity contribution in [2.24, 2.45) is 0 Å². The summed E-state index contributed by atoms with van der Waals surface area (Å²) >= 11 is 0. The van der Waals surface area contributed by atoms with Gasteiger partial charge in [0, 0.05) is 12.0 Å². The first-order valence-electron chi connectivity index (χ1n) is 10.3. The van der Waals surface area contributed by atoms with Gasteiger partial charge in [0.2, 0.25) is 0 Å². The van der Waals surface area contributed by atoms with Crippen LogP contribution in [0.1, 0.15) is 39.7 Å². The normalized spacial score (nSPS) is 17.8. The van der Waals surface area contributed by atoms with Crippen LogP contribution in [0, 0.1) is 0 Å². The minimum absolute atomic E-state index is 0.270. The summed E-state index contributed by atoms with van der Waals surface area (Å²) in [7, 11) is 2.00. The molecule has 2 aromatic carbocycles. The van der Waals surface area contributed by atoms with Gasteiger partial charge in [-0.05, 0) is 63.6 Å². The molecule has 166 valence electrons. The van der Waals surface area contributed by atoms with E-state index in [4.69, 9.17) is 23.5 Å². The van der Waals surface area contributed by atoms with Crippen molar-refractivity contribution in [2.75, 3.05) is 20.8 Å². The third-order valence-corrected chi connectivity index (χ3v) is 5.84. The monoisotopic (exact) mass is 428 g/mol. The van der Waals surface area contributed by atoms with Crippen molar-refractivity contribution in [1.29, 1.82) is 0 Å². The molecule has 1 fully saturated rings. The van der Waals surface area contributed by atoms with Gasteiger partial charge in [-0.3, -0.25) is 0 Å². The minimum Gasteiger partial charge on any atom is -0.497 e. The average molecular weight is 428 g/mol. The Labute approximate surface area is 184 Å². The lowest BCUT2D eigenvalue weighted by Crippen LogP contribution is -2.41. The average Bonchev–Trinajstić information content (AvgIpc) is 2.98. The lowest BCUT2D eigenvalue weighted by molar-refractivity contribution is 0.00578. The Kier molecular flexibility index (Phi) is 6.97. The summed E-state index contributed by atoms with van der Waals surface area (Å²) in [5, 5.41) is 0. The van der Waals surface area contributed by atoms with E-state index in [1.54, 1.807) is 32.4 Å². The van der Waals surface area contributed by atoms with Crippen LogP contribution in [0.5, 0.6) is 17.2 Å². The second kappa shape index (κ2) is 9.33. The van der Waals surface area contributed by atoms with Crippen molar-refractivity contribution < 1.29 is 27.9 Å². The number of para-hydroxylation sites is 1. The van der Waals surface area contributed by atoms with Gasteiger partial charge in [0.25, 0.3) is 0 Å². The van der Waals surface area contributed by atoms with E-state index in [2.05, 4.69) is 0 Å². The summed E-state index contributed by atoms with van der Waals surface area (Å²) in [4.78, 5) is 0. The predicted octanol–water partition coefficient (Wildman–Crippen LogP) is 5.48. The molecule has 3 rings (SSSR count). The number of hydrogen-bond acceptors (Lipinski definition) is 5. The van der Waals surface area contributed by atoms with Crippen molar-refractivity contribution in [3.05, 3.63) is 59.8 Å². The Hall–Kier alpha value is -2.51. The molecule has 0 spiro atoms. The van der Waals surface area contributed by atoms with E-state index in [-0.39, 0.29) is 13.0 Å². The SMILES string of the molecule is COc1ccc(OC)c(C(CCOc2ccccc2)=C(F)B2OC(C)(C)C(C)(C)O2)c1. The van der Waals surface area contributed by atoms with Gasteiger partial charge >= 0.3 is 7.12 Å². The van der Waals surface area contributed by atoms with Crippen LogP contribution in [0.3, 0.4) is 0 Å². The maximum Gasteiger partial charge on any atom is 0.525 e. The Morgan fingerprint density at radius 1 is 0.903 bits per heavy atom. The summed E-state index contributed by atoms with van der Waals surface area (Å²) in [6.45, 7) is 7.84. The summed E-state index contributed by atoms with van der Waals surface area (Å²) in [6.07, 6.45) is 0.286. The Balaban J connectivity index is 1.97. The zero-order valence-electron chi connectivity index (χ0n) is 19.0. The van der Waals surface area contributed by atoms with Crippen LogP contribution < -0.4 is 14.2 Å². The molecule has 0 unspecified atom stereocenters. The van der Waals surface area contributed by atoms with Gasteiger partial charge in [0.1, 0.15) is 23.0 Å². The molecule has 1 heterocycles. The number of hydrogen-bond donors (Lipinski definition) is 0. The molecule has 2 aromatic rings. The number of halogens is 1. The van der Waals surface area contributed by atoms with Crippen molar-refractivity contribution in [2.45, 2.75) is 45.3 Å². The molecule has 0 saturated carbocycles. The van der Waals surface area contributed by atoms with E-state index >= 15 is 4.39 Å². The molecule has 5 nitrogen and oxygen atoms in total. The molecule has 0 radical (unpaired) electrons. The standard InChI is InChI=1S/C24H30BFO5/c1-23(2)24(3,4)31-25(30-23)22(26)19(14-15-29-17-10-8-7-9-11-17)20-16-18(27-5)12-13-21(20)28-6/h7-13,16H,14-15H2,1-6H3. The fraction of sp³-hybridized carbons (Fsp3) is 0.417.